The van der Waals surface area contributed by atoms with E-state index in [1.54, 1.807) is 54.6 Å². The smallest absolute Gasteiger partial charge is 0.315 e. The third-order valence-electron chi connectivity index (χ3n) is 5.37. The summed E-state index contributed by atoms with van der Waals surface area (Å²) in [6, 6.07) is 16.9. The van der Waals surface area contributed by atoms with Crippen LogP contribution in [-0.4, -0.2) is 32.7 Å². The van der Waals surface area contributed by atoms with E-state index in [4.69, 9.17) is 4.74 Å². The maximum absolute atomic E-state index is 13.5. The fourth-order valence-corrected chi connectivity index (χ4v) is 6.06. The molecule has 0 saturated heterocycles. The van der Waals surface area contributed by atoms with E-state index in [1.165, 1.54) is 7.11 Å². The SMILES string of the molecule is COC(=O)CCCCC[C@@H](C(=O)Oc1ccccc1)[C@H](C(C)C)S(=O)(=O)c1ccccc1. The lowest BCUT2D eigenvalue weighted by Gasteiger charge is -2.28. The van der Waals surface area contributed by atoms with Crippen LogP contribution in [0, 0.1) is 11.8 Å². The van der Waals surface area contributed by atoms with Gasteiger partial charge < -0.3 is 9.47 Å². The fourth-order valence-electron chi connectivity index (χ4n) is 3.82. The number of methoxy groups -OCH3 is 1. The summed E-state index contributed by atoms with van der Waals surface area (Å²) < 4.78 is 37.3. The van der Waals surface area contributed by atoms with E-state index >= 15 is 0 Å². The topological polar surface area (TPSA) is 86.7 Å². The maximum atomic E-state index is 13.5. The number of esters is 2. The Labute approximate surface area is 190 Å². The second kappa shape index (κ2) is 12.4. The average molecular weight is 461 g/mol. The molecule has 0 aliphatic heterocycles. The highest BCUT2D eigenvalue weighted by atomic mass is 32.2. The highest BCUT2D eigenvalue weighted by Crippen LogP contribution is 2.32. The zero-order valence-corrected chi connectivity index (χ0v) is 19.7. The molecule has 174 valence electrons. The Morgan fingerprint density at radius 1 is 0.875 bits per heavy atom. The van der Waals surface area contributed by atoms with Gasteiger partial charge in [-0.15, -0.1) is 0 Å². The minimum absolute atomic E-state index is 0.196. The van der Waals surface area contributed by atoms with Gasteiger partial charge in [0.25, 0.3) is 0 Å². The monoisotopic (exact) mass is 460 g/mol. The minimum Gasteiger partial charge on any atom is -0.469 e. The first-order valence-corrected chi connectivity index (χ1v) is 12.4. The van der Waals surface area contributed by atoms with Crippen molar-refractivity contribution in [2.75, 3.05) is 7.11 Å². The lowest BCUT2D eigenvalue weighted by Crippen LogP contribution is -2.41. The molecule has 0 saturated carbocycles. The van der Waals surface area contributed by atoms with E-state index in [-0.39, 0.29) is 16.8 Å². The molecule has 0 bridgehead atoms. The van der Waals surface area contributed by atoms with Gasteiger partial charge in [0.2, 0.25) is 0 Å². The van der Waals surface area contributed by atoms with Gasteiger partial charge in [0, 0.05) is 6.42 Å². The second-order valence-corrected chi connectivity index (χ2v) is 10.2. The van der Waals surface area contributed by atoms with Gasteiger partial charge in [0.05, 0.1) is 23.2 Å². The molecule has 2 rings (SSSR count). The molecular weight excluding hydrogens is 428 g/mol. The normalized spacial score (nSPS) is 13.4. The Balaban J connectivity index is 2.26. The summed E-state index contributed by atoms with van der Waals surface area (Å²) in [6.07, 6.45) is 2.54. The van der Waals surface area contributed by atoms with Crippen LogP contribution in [-0.2, 0) is 24.2 Å². The van der Waals surface area contributed by atoms with Crippen molar-refractivity contribution in [3.8, 4) is 5.75 Å². The lowest BCUT2D eigenvalue weighted by molar-refractivity contribution is -0.141. The van der Waals surface area contributed by atoms with Crippen LogP contribution in [0.4, 0.5) is 0 Å². The molecule has 0 aliphatic carbocycles. The standard InChI is InChI=1S/C25H32O6S/c1-19(2)24(32(28,29)21-15-9-5-10-16-21)22(17-11-6-12-18-23(26)30-3)25(27)31-20-13-7-4-8-14-20/h4-5,7-10,13-16,19,22,24H,6,11-12,17-18H2,1-3H3/t22-,24+/m1/s1. The van der Waals surface area contributed by atoms with Crippen molar-refractivity contribution in [2.45, 2.75) is 56.1 Å². The number of carbonyl (C=O) groups excluding carboxylic acids is 2. The van der Waals surface area contributed by atoms with Gasteiger partial charge >= 0.3 is 11.9 Å². The first-order chi connectivity index (χ1) is 15.3. The molecule has 0 unspecified atom stereocenters. The Bertz CT molecular complexity index is 954. The number of benzene rings is 2. The van der Waals surface area contributed by atoms with Crippen molar-refractivity contribution in [1.82, 2.24) is 0 Å². The maximum Gasteiger partial charge on any atom is 0.315 e. The molecular formula is C25H32O6S. The highest BCUT2D eigenvalue weighted by molar-refractivity contribution is 7.92. The summed E-state index contributed by atoms with van der Waals surface area (Å²) in [4.78, 5) is 24.7. The summed E-state index contributed by atoms with van der Waals surface area (Å²) in [5.74, 6) is -1.59. The molecule has 7 heteroatoms. The van der Waals surface area contributed by atoms with Crippen molar-refractivity contribution in [3.05, 3.63) is 60.7 Å². The molecule has 0 aromatic heterocycles. The zero-order valence-electron chi connectivity index (χ0n) is 18.9. The number of para-hydroxylation sites is 1. The molecule has 2 aromatic carbocycles. The number of unbranched alkanes of at least 4 members (excludes halogenated alkanes) is 2. The van der Waals surface area contributed by atoms with Crippen molar-refractivity contribution < 1.29 is 27.5 Å². The average Bonchev–Trinajstić information content (AvgIpc) is 2.78. The van der Waals surface area contributed by atoms with Gasteiger partial charge in [0.1, 0.15) is 5.75 Å². The summed E-state index contributed by atoms with van der Waals surface area (Å²) in [5, 5.41) is -0.929. The number of rotatable bonds is 12. The van der Waals surface area contributed by atoms with Gasteiger partial charge in [-0.25, -0.2) is 8.42 Å². The molecule has 2 atom stereocenters. The Kier molecular flexibility index (Phi) is 9.91. The van der Waals surface area contributed by atoms with E-state index in [0.29, 0.717) is 37.9 Å². The molecule has 0 N–H and O–H groups in total. The number of hydrogen-bond donors (Lipinski definition) is 0. The first kappa shape index (κ1) is 25.6. The lowest BCUT2D eigenvalue weighted by atomic mass is 9.91. The molecule has 0 radical (unpaired) electrons. The van der Waals surface area contributed by atoms with Crippen LogP contribution >= 0.6 is 0 Å². The number of ether oxygens (including phenoxy) is 2. The summed E-state index contributed by atoms with van der Waals surface area (Å²) in [6.45, 7) is 3.62. The minimum atomic E-state index is -3.77. The largest absolute Gasteiger partial charge is 0.469 e. The zero-order chi connectivity index (χ0) is 23.6. The molecule has 0 spiro atoms. The van der Waals surface area contributed by atoms with E-state index in [9.17, 15) is 18.0 Å². The number of carbonyl (C=O) groups is 2. The Hall–Kier alpha value is -2.67. The fraction of sp³-hybridized carbons (Fsp3) is 0.440. The predicted octanol–water partition coefficient (Wildman–Crippen LogP) is 4.83. The summed E-state index contributed by atoms with van der Waals surface area (Å²) in [7, 11) is -2.43. The third kappa shape index (κ3) is 7.19. The van der Waals surface area contributed by atoms with E-state index in [0.717, 1.165) is 0 Å². The molecule has 0 heterocycles. The van der Waals surface area contributed by atoms with Crippen LogP contribution in [0.3, 0.4) is 0 Å². The van der Waals surface area contributed by atoms with Gasteiger partial charge in [-0.2, -0.15) is 0 Å². The molecule has 32 heavy (non-hydrogen) atoms. The van der Waals surface area contributed by atoms with Crippen LogP contribution in [0.15, 0.2) is 65.6 Å². The second-order valence-electron chi connectivity index (χ2n) is 8.08. The van der Waals surface area contributed by atoms with Crippen molar-refractivity contribution >= 4 is 21.8 Å². The quantitative estimate of drug-likeness (QED) is 0.256. The summed E-state index contributed by atoms with van der Waals surface area (Å²) >= 11 is 0. The molecule has 0 aliphatic rings. The predicted molar refractivity (Wildman–Crippen MR) is 123 cm³/mol. The first-order valence-electron chi connectivity index (χ1n) is 10.9. The molecule has 0 amide bonds. The Morgan fingerprint density at radius 2 is 1.47 bits per heavy atom. The molecule has 6 nitrogen and oxygen atoms in total. The van der Waals surface area contributed by atoms with Crippen LogP contribution < -0.4 is 4.74 Å². The van der Waals surface area contributed by atoms with E-state index in [2.05, 4.69) is 4.74 Å². The van der Waals surface area contributed by atoms with Gasteiger partial charge in [0.15, 0.2) is 9.84 Å². The van der Waals surface area contributed by atoms with Gasteiger partial charge in [-0.3, -0.25) is 9.59 Å². The highest BCUT2D eigenvalue weighted by Gasteiger charge is 2.41. The Morgan fingerprint density at radius 3 is 2.03 bits per heavy atom. The number of sulfone groups is 1. The van der Waals surface area contributed by atoms with Crippen LogP contribution in [0.5, 0.6) is 5.75 Å². The molecule has 2 aromatic rings. The van der Waals surface area contributed by atoms with Crippen LogP contribution in [0.2, 0.25) is 0 Å². The van der Waals surface area contributed by atoms with Gasteiger partial charge in [-0.1, -0.05) is 63.1 Å². The number of hydrogen-bond acceptors (Lipinski definition) is 6. The van der Waals surface area contributed by atoms with Gasteiger partial charge in [-0.05, 0) is 43.0 Å². The van der Waals surface area contributed by atoms with Crippen LogP contribution in [0.25, 0.3) is 0 Å². The third-order valence-corrected chi connectivity index (χ3v) is 7.89. The summed E-state index contributed by atoms with van der Waals surface area (Å²) in [5.41, 5.74) is 0. The van der Waals surface area contributed by atoms with E-state index in [1.807, 2.05) is 19.9 Å². The van der Waals surface area contributed by atoms with Crippen LogP contribution in [0.1, 0.15) is 46.0 Å². The van der Waals surface area contributed by atoms with Crippen molar-refractivity contribution in [3.63, 3.8) is 0 Å². The van der Waals surface area contributed by atoms with Crippen molar-refractivity contribution in [1.29, 1.82) is 0 Å². The van der Waals surface area contributed by atoms with E-state index < -0.39 is 27.0 Å². The van der Waals surface area contributed by atoms with Crippen molar-refractivity contribution in [2.24, 2.45) is 11.8 Å². The molecule has 0 fully saturated rings.